The number of ether oxygens (including phenoxy) is 1. The van der Waals surface area contributed by atoms with Crippen LogP contribution in [0.15, 0.2) is 0 Å². The van der Waals surface area contributed by atoms with Crippen molar-refractivity contribution in [2.45, 2.75) is 63.3 Å². The molecule has 0 bridgehead atoms. The molecule has 0 radical (unpaired) electrons. The van der Waals surface area contributed by atoms with Gasteiger partial charge in [0.05, 0.1) is 18.4 Å². The number of carboxylic acid groups (broad SMARTS) is 1. The quantitative estimate of drug-likeness (QED) is 0.827. The van der Waals surface area contributed by atoms with E-state index in [-0.39, 0.29) is 43.6 Å². The predicted octanol–water partition coefficient (Wildman–Crippen LogP) is 2.84. The van der Waals surface area contributed by atoms with E-state index in [1.807, 2.05) is 0 Å². The van der Waals surface area contributed by atoms with Gasteiger partial charge in [-0.1, -0.05) is 0 Å². The highest BCUT2D eigenvalue weighted by atomic mass is 19.4. The molecule has 0 spiro atoms. The molecule has 1 amide bonds. The monoisotopic (exact) mass is 351 g/mol. The molecule has 138 valence electrons. The first-order chi connectivity index (χ1) is 11.2. The van der Waals surface area contributed by atoms with E-state index in [2.05, 4.69) is 0 Å². The lowest BCUT2D eigenvalue weighted by Gasteiger charge is -2.31. The zero-order valence-corrected chi connectivity index (χ0v) is 13.7. The number of likely N-dealkylation sites (tertiary alicyclic amines) is 1. The molecule has 8 heteroatoms. The van der Waals surface area contributed by atoms with Gasteiger partial charge in [0.15, 0.2) is 0 Å². The molecular formula is C16H24F3NO4. The van der Waals surface area contributed by atoms with Crippen LogP contribution in [0.2, 0.25) is 0 Å². The summed E-state index contributed by atoms with van der Waals surface area (Å²) in [5.74, 6) is -2.45. The van der Waals surface area contributed by atoms with Crippen LogP contribution in [-0.4, -0.2) is 53.9 Å². The summed E-state index contributed by atoms with van der Waals surface area (Å²) in [6.45, 7) is 0.352. The maximum absolute atomic E-state index is 12.7. The second-order valence-corrected chi connectivity index (χ2v) is 6.85. The number of halogens is 3. The number of carboxylic acids is 1. The average molecular weight is 351 g/mol. The highest BCUT2D eigenvalue weighted by Crippen LogP contribution is 2.40. The number of aliphatic carboxylic acids is 1. The minimum Gasteiger partial charge on any atom is -0.481 e. The van der Waals surface area contributed by atoms with Crippen molar-refractivity contribution in [2.75, 3.05) is 13.7 Å². The molecule has 1 heterocycles. The largest absolute Gasteiger partial charge is 0.481 e. The van der Waals surface area contributed by atoms with E-state index in [1.165, 1.54) is 12.0 Å². The summed E-state index contributed by atoms with van der Waals surface area (Å²) in [6.07, 6.45) is -2.87. The van der Waals surface area contributed by atoms with Crippen molar-refractivity contribution >= 4 is 11.9 Å². The first-order valence-electron chi connectivity index (χ1n) is 8.31. The lowest BCUT2D eigenvalue weighted by molar-refractivity contribution is -0.184. The molecule has 2 fully saturated rings. The average Bonchev–Trinajstić information content (AvgIpc) is 2.89. The molecule has 1 N–H and O–H groups in total. The number of carbonyl (C=O) groups is 2. The van der Waals surface area contributed by atoms with Gasteiger partial charge in [0.25, 0.3) is 0 Å². The Balaban J connectivity index is 1.88. The Morgan fingerprint density at radius 1 is 1.17 bits per heavy atom. The standard InChI is InChI=1S/C16H24F3NO4/c1-24-13-7-12(8-15(22)23)20(9-13)14(21)6-10-2-4-11(5-3-10)16(17,18)19/h10-13H,2-9H2,1H3,(H,22,23). The van der Waals surface area contributed by atoms with Crippen molar-refractivity contribution in [1.29, 1.82) is 0 Å². The molecule has 2 aliphatic rings. The molecule has 1 aliphatic carbocycles. The zero-order valence-electron chi connectivity index (χ0n) is 13.7. The van der Waals surface area contributed by atoms with Crippen molar-refractivity contribution in [2.24, 2.45) is 11.8 Å². The van der Waals surface area contributed by atoms with Crippen LogP contribution in [0.5, 0.6) is 0 Å². The predicted molar refractivity (Wildman–Crippen MR) is 79.3 cm³/mol. The van der Waals surface area contributed by atoms with Crippen LogP contribution < -0.4 is 0 Å². The number of hydrogen-bond acceptors (Lipinski definition) is 3. The summed E-state index contributed by atoms with van der Waals surface area (Å²) in [4.78, 5) is 25.0. The first kappa shape index (κ1) is 19.0. The van der Waals surface area contributed by atoms with Crippen LogP contribution in [0.3, 0.4) is 0 Å². The normalized spacial score (nSPS) is 31.2. The summed E-state index contributed by atoms with van der Waals surface area (Å²) >= 11 is 0. The Bertz CT molecular complexity index is 461. The van der Waals surface area contributed by atoms with E-state index >= 15 is 0 Å². The third-order valence-electron chi connectivity index (χ3n) is 5.21. The molecule has 2 rings (SSSR count). The molecule has 2 unspecified atom stereocenters. The van der Waals surface area contributed by atoms with E-state index in [9.17, 15) is 22.8 Å². The topological polar surface area (TPSA) is 66.8 Å². The number of rotatable bonds is 5. The Hall–Kier alpha value is -1.31. The van der Waals surface area contributed by atoms with E-state index in [4.69, 9.17) is 9.84 Å². The van der Waals surface area contributed by atoms with Gasteiger partial charge in [-0.3, -0.25) is 9.59 Å². The van der Waals surface area contributed by atoms with E-state index < -0.39 is 24.1 Å². The smallest absolute Gasteiger partial charge is 0.391 e. The third-order valence-corrected chi connectivity index (χ3v) is 5.21. The van der Waals surface area contributed by atoms with Crippen molar-refractivity contribution in [3.8, 4) is 0 Å². The van der Waals surface area contributed by atoms with E-state index in [0.717, 1.165) is 0 Å². The lowest BCUT2D eigenvalue weighted by atomic mass is 9.80. The maximum Gasteiger partial charge on any atom is 0.391 e. The van der Waals surface area contributed by atoms with Gasteiger partial charge in [-0.05, 0) is 38.0 Å². The van der Waals surface area contributed by atoms with E-state index in [0.29, 0.717) is 25.8 Å². The third kappa shape index (κ3) is 4.84. The molecule has 5 nitrogen and oxygen atoms in total. The number of nitrogens with zero attached hydrogens (tertiary/aromatic N) is 1. The van der Waals surface area contributed by atoms with Crippen LogP contribution in [0.25, 0.3) is 0 Å². The SMILES string of the molecule is COC1CC(CC(=O)O)N(C(=O)CC2CCC(C(F)(F)F)CC2)C1. The van der Waals surface area contributed by atoms with Crippen molar-refractivity contribution in [3.05, 3.63) is 0 Å². The highest BCUT2D eigenvalue weighted by Gasteiger charge is 2.42. The molecule has 0 aromatic rings. The van der Waals surface area contributed by atoms with Crippen LogP contribution in [0.1, 0.15) is 44.9 Å². The fourth-order valence-corrected chi connectivity index (χ4v) is 3.80. The molecule has 0 aromatic heterocycles. The van der Waals surface area contributed by atoms with Gasteiger partial charge in [-0.15, -0.1) is 0 Å². The zero-order chi connectivity index (χ0) is 17.9. The van der Waals surface area contributed by atoms with Crippen molar-refractivity contribution in [1.82, 2.24) is 4.90 Å². The second kappa shape index (κ2) is 7.72. The van der Waals surface area contributed by atoms with Gasteiger partial charge in [0.1, 0.15) is 0 Å². The minimum absolute atomic E-state index is 0.0526. The number of methoxy groups -OCH3 is 1. The first-order valence-corrected chi connectivity index (χ1v) is 8.31. The van der Waals surface area contributed by atoms with Crippen LogP contribution in [0.4, 0.5) is 13.2 Å². The number of amides is 1. The minimum atomic E-state index is -4.15. The summed E-state index contributed by atoms with van der Waals surface area (Å²) in [7, 11) is 1.52. The fourth-order valence-electron chi connectivity index (χ4n) is 3.80. The number of hydrogen-bond donors (Lipinski definition) is 1. The van der Waals surface area contributed by atoms with Gasteiger partial charge >= 0.3 is 12.1 Å². The Morgan fingerprint density at radius 3 is 2.29 bits per heavy atom. The highest BCUT2D eigenvalue weighted by molar-refractivity contribution is 5.78. The molecule has 1 saturated heterocycles. The summed E-state index contributed by atoms with van der Waals surface area (Å²) in [5.41, 5.74) is 0. The van der Waals surface area contributed by atoms with Gasteiger partial charge in [-0.25, -0.2) is 0 Å². The van der Waals surface area contributed by atoms with Crippen molar-refractivity contribution in [3.63, 3.8) is 0 Å². The van der Waals surface area contributed by atoms with Gasteiger partial charge in [0.2, 0.25) is 5.91 Å². The van der Waals surface area contributed by atoms with Gasteiger partial charge < -0.3 is 14.7 Å². The van der Waals surface area contributed by atoms with Gasteiger partial charge in [0, 0.05) is 26.1 Å². The Morgan fingerprint density at radius 2 is 1.79 bits per heavy atom. The number of alkyl halides is 3. The van der Waals surface area contributed by atoms with E-state index in [1.54, 1.807) is 0 Å². The molecule has 2 atom stereocenters. The molecule has 1 aliphatic heterocycles. The molecular weight excluding hydrogens is 327 g/mol. The lowest BCUT2D eigenvalue weighted by Crippen LogP contribution is -2.39. The fraction of sp³-hybridized carbons (Fsp3) is 0.875. The van der Waals surface area contributed by atoms with Gasteiger partial charge in [-0.2, -0.15) is 13.2 Å². The second-order valence-electron chi connectivity index (χ2n) is 6.85. The van der Waals surface area contributed by atoms with Crippen LogP contribution in [-0.2, 0) is 14.3 Å². The maximum atomic E-state index is 12.7. The van der Waals surface area contributed by atoms with Crippen LogP contribution in [0, 0.1) is 11.8 Å². The molecule has 1 saturated carbocycles. The molecule has 0 aromatic carbocycles. The van der Waals surface area contributed by atoms with Crippen molar-refractivity contribution < 1.29 is 32.6 Å². The Kier molecular flexibility index (Phi) is 6.11. The summed E-state index contributed by atoms with van der Waals surface area (Å²) in [6, 6.07) is -0.397. The molecule has 24 heavy (non-hydrogen) atoms. The Labute approximate surface area is 139 Å². The summed E-state index contributed by atoms with van der Waals surface area (Å²) < 4.78 is 43.3. The van der Waals surface area contributed by atoms with Crippen LogP contribution >= 0.6 is 0 Å². The summed E-state index contributed by atoms with van der Waals surface area (Å²) in [5, 5.41) is 8.97. The number of carbonyl (C=O) groups excluding carboxylic acids is 1.